The molecule has 0 amide bonds. The van der Waals surface area contributed by atoms with Gasteiger partial charge in [-0.3, -0.25) is 4.90 Å². The molecule has 0 atom stereocenters. The lowest BCUT2D eigenvalue weighted by molar-refractivity contribution is 0.106. The molecule has 0 radical (unpaired) electrons. The van der Waals surface area contributed by atoms with Gasteiger partial charge in [0.15, 0.2) is 9.84 Å². The van der Waals surface area contributed by atoms with Crippen LogP contribution in [0.3, 0.4) is 0 Å². The van der Waals surface area contributed by atoms with Crippen LogP contribution in [0.25, 0.3) is 10.1 Å². The zero-order valence-corrected chi connectivity index (χ0v) is 15.1. The molecule has 0 N–H and O–H groups in total. The first-order chi connectivity index (χ1) is 12.0. The second-order valence-electron chi connectivity index (χ2n) is 6.42. The van der Waals surface area contributed by atoms with Crippen molar-refractivity contribution >= 4 is 31.5 Å². The Balaban J connectivity index is 1.37. The van der Waals surface area contributed by atoms with Gasteiger partial charge in [-0.05, 0) is 47.8 Å². The van der Waals surface area contributed by atoms with Gasteiger partial charge in [0.2, 0.25) is 0 Å². The first-order valence-corrected chi connectivity index (χ1v) is 10.5. The van der Waals surface area contributed by atoms with Crippen LogP contribution in [0, 0.1) is 11.7 Å². The first kappa shape index (κ1) is 16.6. The van der Waals surface area contributed by atoms with Gasteiger partial charge in [-0.1, -0.05) is 18.2 Å². The van der Waals surface area contributed by atoms with Crippen LogP contribution < -0.4 is 0 Å². The molecule has 2 aromatic carbocycles. The largest absolute Gasteiger partial charge is 0.297 e. The Morgan fingerprint density at radius 3 is 2.60 bits per heavy atom. The standard InChI is InChI=1S/C18H17FN2O2S2/c19-14-5-7-15(8-6-14)25(22,23)12-13-9-21(10-13)11-17-16-3-1-2-4-18(16)24-20-17/h1-8,13H,9-12H2. The highest BCUT2D eigenvalue weighted by Gasteiger charge is 2.32. The number of rotatable bonds is 5. The molecule has 1 aliphatic heterocycles. The molecule has 4 nitrogen and oxygen atoms in total. The van der Waals surface area contributed by atoms with Crippen LogP contribution in [-0.2, 0) is 16.4 Å². The van der Waals surface area contributed by atoms with E-state index in [4.69, 9.17) is 0 Å². The van der Waals surface area contributed by atoms with Crippen molar-refractivity contribution in [2.24, 2.45) is 5.92 Å². The normalized spacial score (nSPS) is 16.2. The minimum absolute atomic E-state index is 0.104. The number of hydrogen-bond acceptors (Lipinski definition) is 5. The summed E-state index contributed by atoms with van der Waals surface area (Å²) in [4.78, 5) is 2.41. The fraction of sp³-hybridized carbons (Fsp3) is 0.278. The molecular formula is C18H17FN2O2S2. The molecule has 0 aliphatic carbocycles. The predicted octanol–water partition coefficient (Wildman–Crippen LogP) is 3.34. The van der Waals surface area contributed by atoms with Gasteiger partial charge >= 0.3 is 0 Å². The number of halogens is 1. The van der Waals surface area contributed by atoms with E-state index < -0.39 is 15.7 Å². The molecule has 0 spiro atoms. The number of benzene rings is 2. The maximum Gasteiger partial charge on any atom is 0.178 e. The Labute approximate surface area is 150 Å². The van der Waals surface area contributed by atoms with Crippen molar-refractivity contribution in [1.82, 2.24) is 9.27 Å². The van der Waals surface area contributed by atoms with Crippen molar-refractivity contribution in [1.29, 1.82) is 0 Å². The molecule has 0 bridgehead atoms. The summed E-state index contributed by atoms with van der Waals surface area (Å²) in [7, 11) is -3.36. The fourth-order valence-electron chi connectivity index (χ4n) is 3.22. The van der Waals surface area contributed by atoms with E-state index in [1.807, 2.05) is 12.1 Å². The van der Waals surface area contributed by atoms with Crippen LogP contribution in [-0.4, -0.2) is 36.5 Å². The van der Waals surface area contributed by atoms with Crippen LogP contribution in [0.4, 0.5) is 4.39 Å². The Kier molecular flexibility index (Phi) is 4.31. The van der Waals surface area contributed by atoms with E-state index in [-0.39, 0.29) is 16.6 Å². The molecule has 3 aromatic rings. The molecule has 0 unspecified atom stereocenters. The summed E-state index contributed by atoms with van der Waals surface area (Å²) in [5.41, 5.74) is 1.06. The van der Waals surface area contributed by atoms with Crippen LogP contribution in [0.1, 0.15) is 5.69 Å². The Morgan fingerprint density at radius 1 is 1.12 bits per heavy atom. The average molecular weight is 376 g/mol. The maximum absolute atomic E-state index is 13.0. The molecular weight excluding hydrogens is 359 g/mol. The van der Waals surface area contributed by atoms with Gasteiger partial charge in [-0.25, -0.2) is 12.8 Å². The van der Waals surface area contributed by atoms with E-state index in [2.05, 4.69) is 21.4 Å². The lowest BCUT2D eigenvalue weighted by atomic mass is 10.0. The molecule has 130 valence electrons. The minimum Gasteiger partial charge on any atom is -0.297 e. The predicted molar refractivity (Wildman–Crippen MR) is 96.8 cm³/mol. The van der Waals surface area contributed by atoms with E-state index >= 15 is 0 Å². The summed E-state index contributed by atoms with van der Waals surface area (Å²) >= 11 is 1.50. The summed E-state index contributed by atoms with van der Waals surface area (Å²) in [5.74, 6) is -0.211. The molecule has 2 heterocycles. The van der Waals surface area contributed by atoms with Crippen molar-refractivity contribution < 1.29 is 12.8 Å². The molecule has 1 fully saturated rings. The van der Waals surface area contributed by atoms with Crippen molar-refractivity contribution in [2.45, 2.75) is 11.4 Å². The molecule has 0 saturated carbocycles. The van der Waals surface area contributed by atoms with E-state index in [1.165, 1.54) is 45.9 Å². The Bertz CT molecular complexity index is 993. The molecule has 1 saturated heterocycles. The lowest BCUT2D eigenvalue weighted by Gasteiger charge is -2.38. The number of nitrogens with zero attached hydrogens (tertiary/aromatic N) is 2. The van der Waals surface area contributed by atoms with Gasteiger partial charge in [0.25, 0.3) is 0 Å². The van der Waals surface area contributed by atoms with Gasteiger partial charge in [0.1, 0.15) is 5.82 Å². The number of fused-ring (bicyclic) bond motifs is 1. The summed E-state index contributed by atoms with van der Waals surface area (Å²) < 4.78 is 43.4. The molecule has 7 heteroatoms. The number of sulfone groups is 1. The first-order valence-electron chi connectivity index (χ1n) is 8.05. The molecule has 1 aromatic heterocycles. The summed E-state index contributed by atoms with van der Waals surface area (Å²) in [6.45, 7) is 2.23. The quantitative estimate of drug-likeness (QED) is 0.641. The zero-order chi connectivity index (χ0) is 17.4. The van der Waals surface area contributed by atoms with Crippen LogP contribution in [0.2, 0.25) is 0 Å². The number of aromatic nitrogens is 1. The second-order valence-corrected chi connectivity index (χ2v) is 9.26. The molecule has 25 heavy (non-hydrogen) atoms. The number of hydrogen-bond donors (Lipinski definition) is 0. The van der Waals surface area contributed by atoms with Crippen molar-refractivity contribution in [3.05, 3.63) is 60.0 Å². The van der Waals surface area contributed by atoms with Gasteiger partial charge in [-0.2, -0.15) is 4.37 Å². The third-order valence-corrected chi connectivity index (χ3v) is 7.25. The highest BCUT2D eigenvalue weighted by atomic mass is 32.2. The van der Waals surface area contributed by atoms with E-state index in [1.54, 1.807) is 0 Å². The van der Waals surface area contributed by atoms with Crippen LogP contribution in [0.15, 0.2) is 53.4 Å². The smallest absolute Gasteiger partial charge is 0.178 e. The van der Waals surface area contributed by atoms with E-state index in [9.17, 15) is 12.8 Å². The highest BCUT2D eigenvalue weighted by molar-refractivity contribution is 7.91. The molecule has 1 aliphatic rings. The third kappa shape index (κ3) is 3.44. The minimum atomic E-state index is -3.36. The van der Waals surface area contributed by atoms with Gasteiger partial charge in [0.05, 0.1) is 21.0 Å². The van der Waals surface area contributed by atoms with E-state index in [0.717, 1.165) is 25.3 Å². The fourth-order valence-corrected chi connectivity index (χ4v) is 5.59. The SMILES string of the molecule is O=S(=O)(CC1CN(Cc2nsc3ccccc23)C1)c1ccc(F)cc1. The van der Waals surface area contributed by atoms with Gasteiger partial charge < -0.3 is 0 Å². The van der Waals surface area contributed by atoms with Crippen molar-refractivity contribution in [2.75, 3.05) is 18.8 Å². The van der Waals surface area contributed by atoms with Gasteiger partial charge in [0, 0.05) is 25.0 Å². The Morgan fingerprint density at radius 2 is 1.84 bits per heavy atom. The topological polar surface area (TPSA) is 50.3 Å². The number of likely N-dealkylation sites (tertiary alicyclic amines) is 1. The van der Waals surface area contributed by atoms with Crippen molar-refractivity contribution in [3.63, 3.8) is 0 Å². The summed E-state index contributed by atoms with van der Waals surface area (Å²) in [5, 5.41) is 1.18. The van der Waals surface area contributed by atoms with E-state index in [0.29, 0.717) is 0 Å². The zero-order valence-electron chi connectivity index (χ0n) is 13.4. The second kappa shape index (κ2) is 6.48. The average Bonchev–Trinajstić information content (AvgIpc) is 2.96. The summed E-state index contributed by atoms with van der Waals surface area (Å²) in [6.07, 6.45) is 0. The third-order valence-electron chi connectivity index (χ3n) is 4.49. The lowest BCUT2D eigenvalue weighted by Crippen LogP contribution is -2.48. The highest BCUT2D eigenvalue weighted by Crippen LogP contribution is 2.27. The monoisotopic (exact) mass is 376 g/mol. The van der Waals surface area contributed by atoms with Crippen LogP contribution >= 0.6 is 11.5 Å². The van der Waals surface area contributed by atoms with Crippen LogP contribution in [0.5, 0.6) is 0 Å². The summed E-state index contributed by atoms with van der Waals surface area (Å²) in [6, 6.07) is 13.2. The Hall–Kier alpha value is -1.83. The van der Waals surface area contributed by atoms with Crippen molar-refractivity contribution in [3.8, 4) is 0 Å². The van der Waals surface area contributed by atoms with Gasteiger partial charge in [-0.15, -0.1) is 0 Å². The molecule has 4 rings (SSSR count). The maximum atomic E-state index is 13.0.